The van der Waals surface area contributed by atoms with E-state index in [9.17, 15) is 9.90 Å². The Morgan fingerprint density at radius 1 is 1.15 bits per heavy atom. The molecule has 2 aromatic heterocycles. The number of carbonyl (C=O) groups is 1. The Labute approximate surface area is 157 Å². The van der Waals surface area contributed by atoms with Gasteiger partial charge in [-0.25, -0.2) is 9.97 Å². The van der Waals surface area contributed by atoms with Crippen LogP contribution in [0.25, 0.3) is 10.9 Å². The van der Waals surface area contributed by atoms with Crippen LogP contribution < -0.4 is 0 Å². The molecule has 27 heavy (non-hydrogen) atoms. The van der Waals surface area contributed by atoms with Crippen LogP contribution in [0.2, 0.25) is 0 Å². The zero-order valence-electron chi connectivity index (χ0n) is 15.4. The number of pyridine rings is 1. The summed E-state index contributed by atoms with van der Waals surface area (Å²) in [6.45, 7) is 3.88. The van der Waals surface area contributed by atoms with Crippen LogP contribution in [0.1, 0.15) is 22.7 Å². The van der Waals surface area contributed by atoms with Gasteiger partial charge in [-0.15, -0.1) is 0 Å². The Morgan fingerprint density at radius 3 is 2.85 bits per heavy atom. The van der Waals surface area contributed by atoms with Gasteiger partial charge in [-0.3, -0.25) is 9.69 Å². The molecule has 1 aliphatic heterocycles. The summed E-state index contributed by atoms with van der Waals surface area (Å²) < 4.78 is 2.03. The minimum absolute atomic E-state index is 0.0843. The molecule has 7 heteroatoms. The predicted octanol–water partition coefficient (Wildman–Crippen LogP) is 2.02. The van der Waals surface area contributed by atoms with Gasteiger partial charge in [-0.2, -0.15) is 0 Å². The van der Waals surface area contributed by atoms with E-state index in [0.717, 1.165) is 37.3 Å². The van der Waals surface area contributed by atoms with Crippen molar-refractivity contribution >= 4 is 16.8 Å². The Morgan fingerprint density at radius 2 is 2.04 bits per heavy atom. The molecule has 0 aliphatic carbocycles. The van der Waals surface area contributed by atoms with Crippen LogP contribution in [-0.4, -0.2) is 61.5 Å². The number of carbonyl (C=O) groups excluding carboxylic acids is 1. The lowest BCUT2D eigenvalue weighted by atomic mass is 10.2. The van der Waals surface area contributed by atoms with Gasteiger partial charge < -0.3 is 14.6 Å². The van der Waals surface area contributed by atoms with E-state index in [1.807, 2.05) is 41.0 Å². The summed E-state index contributed by atoms with van der Waals surface area (Å²) in [5, 5.41) is 10.8. The highest BCUT2D eigenvalue weighted by molar-refractivity contribution is 5.96. The van der Waals surface area contributed by atoms with E-state index < -0.39 is 0 Å². The minimum Gasteiger partial charge on any atom is -0.506 e. The van der Waals surface area contributed by atoms with E-state index in [2.05, 4.69) is 14.9 Å². The number of para-hydroxylation sites is 1. The van der Waals surface area contributed by atoms with E-state index in [-0.39, 0.29) is 11.7 Å². The van der Waals surface area contributed by atoms with Crippen molar-refractivity contribution in [1.29, 1.82) is 0 Å². The number of fused-ring (bicyclic) bond motifs is 1. The van der Waals surface area contributed by atoms with Gasteiger partial charge in [0.1, 0.15) is 22.8 Å². The Hall–Kier alpha value is -2.93. The van der Waals surface area contributed by atoms with Crippen LogP contribution in [-0.2, 0) is 13.6 Å². The van der Waals surface area contributed by atoms with Gasteiger partial charge in [-0.05, 0) is 18.6 Å². The van der Waals surface area contributed by atoms with E-state index >= 15 is 0 Å². The van der Waals surface area contributed by atoms with Crippen molar-refractivity contribution in [3.63, 3.8) is 0 Å². The van der Waals surface area contributed by atoms with Crippen LogP contribution in [0.15, 0.2) is 42.7 Å². The summed E-state index contributed by atoms with van der Waals surface area (Å²) >= 11 is 0. The van der Waals surface area contributed by atoms with Gasteiger partial charge in [0, 0.05) is 51.0 Å². The Bertz CT molecular complexity index is 968. The lowest BCUT2D eigenvalue weighted by Gasteiger charge is -2.21. The standard InChI is InChI=1S/C20H23N5O2/c1-23-11-8-21-18(23)14-24-9-3-10-25(13-12-24)20(27)16-7-6-15-4-2-5-17(26)19(15)22-16/h2,4-8,11,26H,3,9-10,12-14H2,1H3. The molecule has 3 aromatic rings. The zero-order valence-corrected chi connectivity index (χ0v) is 15.4. The summed E-state index contributed by atoms with van der Waals surface area (Å²) in [6, 6.07) is 8.80. The number of nitrogens with zero attached hydrogens (tertiary/aromatic N) is 5. The maximum absolute atomic E-state index is 12.9. The van der Waals surface area contributed by atoms with Crippen LogP contribution in [0.5, 0.6) is 5.75 Å². The molecule has 140 valence electrons. The fourth-order valence-corrected chi connectivity index (χ4v) is 3.49. The number of hydrogen-bond donors (Lipinski definition) is 1. The van der Waals surface area contributed by atoms with Crippen LogP contribution in [0.4, 0.5) is 0 Å². The van der Waals surface area contributed by atoms with E-state index in [4.69, 9.17) is 0 Å². The first kappa shape index (κ1) is 17.5. The van der Waals surface area contributed by atoms with Crippen molar-refractivity contribution in [1.82, 2.24) is 24.3 Å². The molecule has 0 bridgehead atoms. The lowest BCUT2D eigenvalue weighted by molar-refractivity contribution is 0.0755. The highest BCUT2D eigenvalue weighted by atomic mass is 16.3. The SMILES string of the molecule is Cn1ccnc1CN1CCCN(C(=O)c2ccc3cccc(O)c3n2)CC1. The lowest BCUT2D eigenvalue weighted by Crippen LogP contribution is -2.35. The molecule has 0 atom stereocenters. The zero-order chi connectivity index (χ0) is 18.8. The molecular weight excluding hydrogens is 342 g/mol. The number of rotatable bonds is 3. The van der Waals surface area contributed by atoms with Crippen molar-refractivity contribution in [2.24, 2.45) is 7.05 Å². The monoisotopic (exact) mass is 365 g/mol. The molecule has 0 saturated carbocycles. The molecule has 1 N–H and O–H groups in total. The average molecular weight is 365 g/mol. The van der Waals surface area contributed by atoms with Gasteiger partial charge in [0.15, 0.2) is 0 Å². The highest BCUT2D eigenvalue weighted by Crippen LogP contribution is 2.23. The highest BCUT2D eigenvalue weighted by Gasteiger charge is 2.22. The summed E-state index contributed by atoms with van der Waals surface area (Å²) in [5.74, 6) is 1.04. The molecule has 7 nitrogen and oxygen atoms in total. The molecule has 1 fully saturated rings. The summed E-state index contributed by atoms with van der Waals surface area (Å²) in [7, 11) is 2.00. The van der Waals surface area contributed by atoms with Crippen molar-refractivity contribution < 1.29 is 9.90 Å². The van der Waals surface area contributed by atoms with E-state index in [1.54, 1.807) is 18.2 Å². The number of aromatic hydroxyl groups is 1. The predicted molar refractivity (Wildman–Crippen MR) is 102 cm³/mol. The first-order valence-corrected chi connectivity index (χ1v) is 9.18. The van der Waals surface area contributed by atoms with Crippen LogP contribution >= 0.6 is 0 Å². The third-order valence-electron chi connectivity index (χ3n) is 5.08. The Kier molecular flexibility index (Phi) is 4.77. The fourth-order valence-electron chi connectivity index (χ4n) is 3.49. The van der Waals surface area contributed by atoms with Gasteiger partial charge in [-0.1, -0.05) is 18.2 Å². The third-order valence-corrected chi connectivity index (χ3v) is 5.08. The molecule has 1 saturated heterocycles. The first-order valence-electron chi connectivity index (χ1n) is 9.18. The number of aromatic nitrogens is 3. The second-order valence-corrected chi connectivity index (χ2v) is 6.92. The second kappa shape index (κ2) is 7.36. The molecule has 0 radical (unpaired) electrons. The maximum Gasteiger partial charge on any atom is 0.272 e. The first-order chi connectivity index (χ1) is 13.1. The summed E-state index contributed by atoms with van der Waals surface area (Å²) in [6.07, 6.45) is 4.67. The second-order valence-electron chi connectivity index (χ2n) is 6.92. The Balaban J connectivity index is 1.46. The smallest absolute Gasteiger partial charge is 0.272 e. The molecular formula is C20H23N5O2. The topological polar surface area (TPSA) is 74.5 Å². The van der Waals surface area contributed by atoms with Crippen molar-refractivity contribution in [3.05, 3.63) is 54.2 Å². The summed E-state index contributed by atoms with van der Waals surface area (Å²) in [4.78, 5) is 25.9. The van der Waals surface area contributed by atoms with Crippen molar-refractivity contribution in [2.45, 2.75) is 13.0 Å². The van der Waals surface area contributed by atoms with Gasteiger partial charge in [0.2, 0.25) is 0 Å². The number of amides is 1. The molecule has 4 rings (SSSR count). The molecule has 1 amide bonds. The van der Waals surface area contributed by atoms with E-state index in [1.165, 1.54) is 0 Å². The van der Waals surface area contributed by atoms with Gasteiger partial charge in [0.05, 0.1) is 6.54 Å². The molecule has 0 unspecified atom stereocenters. The fraction of sp³-hybridized carbons (Fsp3) is 0.350. The normalized spacial score (nSPS) is 15.8. The maximum atomic E-state index is 12.9. The number of imidazole rings is 1. The molecule has 3 heterocycles. The number of phenolic OH excluding ortho intramolecular Hbond substituents is 1. The minimum atomic E-state index is -0.0843. The van der Waals surface area contributed by atoms with Crippen molar-refractivity contribution in [3.8, 4) is 5.75 Å². The largest absolute Gasteiger partial charge is 0.506 e. The third kappa shape index (κ3) is 3.64. The number of benzene rings is 1. The molecule has 1 aromatic carbocycles. The molecule has 1 aliphatic rings. The number of hydrogen-bond acceptors (Lipinski definition) is 5. The van der Waals surface area contributed by atoms with Crippen LogP contribution in [0.3, 0.4) is 0 Å². The van der Waals surface area contributed by atoms with E-state index in [0.29, 0.717) is 24.3 Å². The van der Waals surface area contributed by atoms with Crippen molar-refractivity contribution in [2.75, 3.05) is 26.2 Å². The summed E-state index contributed by atoms with van der Waals surface area (Å²) in [5.41, 5.74) is 0.844. The molecule has 0 spiro atoms. The average Bonchev–Trinajstić information content (AvgIpc) is 2.93. The quantitative estimate of drug-likeness (QED) is 0.769. The van der Waals surface area contributed by atoms with Gasteiger partial charge >= 0.3 is 0 Å². The van der Waals surface area contributed by atoms with Gasteiger partial charge in [0.25, 0.3) is 5.91 Å². The number of phenols is 1. The number of aryl methyl sites for hydroxylation is 1. The van der Waals surface area contributed by atoms with Crippen LogP contribution in [0, 0.1) is 0 Å².